The Kier molecular flexibility index (Phi) is 5.42. The molecule has 4 aromatic rings. The summed E-state index contributed by atoms with van der Waals surface area (Å²) in [4.78, 5) is 8.60. The van der Waals surface area contributed by atoms with Gasteiger partial charge in [0.15, 0.2) is 0 Å². The number of fused-ring (bicyclic) bond motifs is 1. The number of benzene rings is 2. The van der Waals surface area contributed by atoms with E-state index in [9.17, 15) is 4.39 Å². The predicted octanol–water partition coefficient (Wildman–Crippen LogP) is 6.60. The van der Waals surface area contributed by atoms with Gasteiger partial charge >= 0.3 is 0 Å². The van der Waals surface area contributed by atoms with Crippen LogP contribution in [0.15, 0.2) is 66.9 Å². The molecule has 4 rings (SSSR count). The van der Waals surface area contributed by atoms with Crippen molar-refractivity contribution in [3.05, 3.63) is 94.1 Å². The predicted molar refractivity (Wildman–Crippen MR) is 113 cm³/mol. The number of aromatic nitrogens is 2. The van der Waals surface area contributed by atoms with Crippen LogP contribution >= 0.6 is 23.2 Å². The normalized spacial score (nSPS) is 11.0. The maximum atomic E-state index is 14.3. The van der Waals surface area contributed by atoms with Crippen molar-refractivity contribution in [1.82, 2.24) is 9.97 Å². The second-order valence-corrected chi connectivity index (χ2v) is 7.23. The molecule has 28 heavy (non-hydrogen) atoms. The van der Waals surface area contributed by atoms with Gasteiger partial charge in [0.2, 0.25) is 0 Å². The first kappa shape index (κ1) is 18.7. The van der Waals surface area contributed by atoms with Gasteiger partial charge in [-0.2, -0.15) is 0 Å². The van der Waals surface area contributed by atoms with E-state index in [2.05, 4.69) is 15.3 Å². The van der Waals surface area contributed by atoms with Crippen LogP contribution in [0.3, 0.4) is 0 Å². The van der Waals surface area contributed by atoms with Crippen LogP contribution in [0.25, 0.3) is 10.9 Å². The minimum absolute atomic E-state index is 0.237. The Bertz CT molecular complexity index is 1150. The van der Waals surface area contributed by atoms with E-state index in [1.54, 1.807) is 18.3 Å². The summed E-state index contributed by atoms with van der Waals surface area (Å²) in [6.07, 6.45) is 2.86. The molecule has 2 aromatic heterocycles. The summed E-state index contributed by atoms with van der Waals surface area (Å²) >= 11 is 12.0. The van der Waals surface area contributed by atoms with Gasteiger partial charge in [-0.1, -0.05) is 29.3 Å². The summed E-state index contributed by atoms with van der Waals surface area (Å²) < 4.78 is 14.3. The number of hydrogen-bond acceptors (Lipinski definition) is 3. The third kappa shape index (κ3) is 4.24. The zero-order chi connectivity index (χ0) is 19.5. The van der Waals surface area contributed by atoms with Crippen LogP contribution in [-0.2, 0) is 12.8 Å². The SMILES string of the molecule is Fc1ccc(Nc2ccnc3cc(Cl)ccc23)cc1CCc1cccc(Cl)n1. The molecule has 140 valence electrons. The van der Waals surface area contributed by atoms with E-state index < -0.39 is 0 Å². The van der Waals surface area contributed by atoms with Crippen LogP contribution in [0.1, 0.15) is 11.3 Å². The van der Waals surface area contributed by atoms with Gasteiger partial charge in [-0.05, 0) is 73.0 Å². The average Bonchev–Trinajstić information content (AvgIpc) is 2.68. The Hall–Kier alpha value is -2.69. The number of pyridine rings is 2. The zero-order valence-electron chi connectivity index (χ0n) is 14.8. The van der Waals surface area contributed by atoms with Gasteiger partial charge in [0.25, 0.3) is 0 Å². The highest BCUT2D eigenvalue weighted by molar-refractivity contribution is 6.31. The molecule has 0 aliphatic heterocycles. The number of nitrogens with zero attached hydrogens (tertiary/aromatic N) is 2. The fourth-order valence-electron chi connectivity index (χ4n) is 3.08. The van der Waals surface area contributed by atoms with Gasteiger partial charge in [-0.25, -0.2) is 9.37 Å². The molecule has 0 unspecified atom stereocenters. The van der Waals surface area contributed by atoms with Crippen molar-refractivity contribution in [2.45, 2.75) is 12.8 Å². The number of hydrogen-bond donors (Lipinski definition) is 1. The zero-order valence-corrected chi connectivity index (χ0v) is 16.3. The minimum atomic E-state index is -0.237. The van der Waals surface area contributed by atoms with E-state index in [0.29, 0.717) is 28.6 Å². The van der Waals surface area contributed by atoms with Crippen molar-refractivity contribution in [2.75, 3.05) is 5.32 Å². The van der Waals surface area contributed by atoms with Crippen LogP contribution < -0.4 is 5.32 Å². The summed E-state index contributed by atoms with van der Waals surface area (Å²) in [6, 6.07) is 17.9. The lowest BCUT2D eigenvalue weighted by molar-refractivity contribution is 0.608. The smallest absolute Gasteiger partial charge is 0.129 e. The van der Waals surface area contributed by atoms with Gasteiger partial charge < -0.3 is 5.32 Å². The van der Waals surface area contributed by atoms with Crippen LogP contribution in [0.5, 0.6) is 0 Å². The van der Waals surface area contributed by atoms with E-state index in [4.69, 9.17) is 23.2 Å². The number of anilines is 2. The maximum absolute atomic E-state index is 14.3. The van der Waals surface area contributed by atoms with Crippen LogP contribution in [0.2, 0.25) is 10.2 Å². The van der Waals surface area contributed by atoms with Crippen molar-refractivity contribution in [3.63, 3.8) is 0 Å². The lowest BCUT2D eigenvalue weighted by Gasteiger charge is -2.12. The molecule has 0 aliphatic carbocycles. The molecule has 0 fully saturated rings. The van der Waals surface area contributed by atoms with Crippen molar-refractivity contribution < 1.29 is 4.39 Å². The minimum Gasteiger partial charge on any atom is -0.355 e. The summed E-state index contributed by atoms with van der Waals surface area (Å²) in [7, 11) is 0. The molecule has 2 heterocycles. The van der Waals surface area contributed by atoms with E-state index >= 15 is 0 Å². The number of nitrogens with one attached hydrogen (secondary N) is 1. The second kappa shape index (κ2) is 8.13. The molecular weight excluding hydrogens is 396 g/mol. The van der Waals surface area contributed by atoms with Crippen molar-refractivity contribution in [3.8, 4) is 0 Å². The third-order valence-corrected chi connectivity index (χ3v) is 4.90. The number of aryl methyl sites for hydroxylation is 2. The van der Waals surface area contributed by atoms with Gasteiger partial charge in [0.05, 0.1) is 5.52 Å². The van der Waals surface area contributed by atoms with Crippen molar-refractivity contribution >= 4 is 45.5 Å². The molecule has 6 heteroatoms. The molecule has 0 atom stereocenters. The van der Waals surface area contributed by atoms with Gasteiger partial charge in [0, 0.05) is 33.7 Å². The van der Waals surface area contributed by atoms with E-state index in [-0.39, 0.29) is 5.82 Å². The monoisotopic (exact) mass is 411 g/mol. The van der Waals surface area contributed by atoms with E-state index in [1.807, 2.05) is 42.5 Å². The molecule has 3 nitrogen and oxygen atoms in total. The van der Waals surface area contributed by atoms with Crippen LogP contribution in [0.4, 0.5) is 15.8 Å². The Morgan fingerprint density at radius 3 is 2.68 bits per heavy atom. The fraction of sp³-hybridized carbons (Fsp3) is 0.0909. The number of halogens is 3. The Balaban J connectivity index is 1.57. The highest BCUT2D eigenvalue weighted by Gasteiger charge is 2.08. The average molecular weight is 412 g/mol. The van der Waals surface area contributed by atoms with Crippen LogP contribution in [-0.4, -0.2) is 9.97 Å². The van der Waals surface area contributed by atoms with Gasteiger partial charge in [0.1, 0.15) is 11.0 Å². The van der Waals surface area contributed by atoms with E-state index in [0.717, 1.165) is 28.0 Å². The maximum Gasteiger partial charge on any atom is 0.129 e. The summed E-state index contributed by atoms with van der Waals surface area (Å²) in [5, 5.41) is 5.38. The topological polar surface area (TPSA) is 37.8 Å². The van der Waals surface area contributed by atoms with Crippen LogP contribution in [0, 0.1) is 5.82 Å². The van der Waals surface area contributed by atoms with Gasteiger partial charge in [-0.15, -0.1) is 0 Å². The molecule has 0 spiro atoms. The molecule has 0 radical (unpaired) electrons. The quantitative estimate of drug-likeness (QED) is 0.375. The van der Waals surface area contributed by atoms with Gasteiger partial charge in [-0.3, -0.25) is 4.98 Å². The summed E-state index contributed by atoms with van der Waals surface area (Å²) in [5.41, 5.74) is 3.94. The lowest BCUT2D eigenvalue weighted by Crippen LogP contribution is -1.99. The summed E-state index contributed by atoms with van der Waals surface area (Å²) in [5.74, 6) is -0.237. The molecule has 0 bridgehead atoms. The fourth-order valence-corrected chi connectivity index (χ4v) is 3.43. The standard InChI is InChI=1S/C22H16Cl2FN3/c23-15-5-8-18-20(10-11-26-21(18)13-15)27-17-7-9-19(25)14(12-17)4-6-16-2-1-3-22(24)28-16/h1-3,5,7-13H,4,6H2,(H,26,27). The molecular formula is C22H16Cl2FN3. The van der Waals surface area contributed by atoms with Crippen molar-refractivity contribution in [2.24, 2.45) is 0 Å². The molecule has 0 amide bonds. The largest absolute Gasteiger partial charge is 0.355 e. The lowest BCUT2D eigenvalue weighted by atomic mass is 10.1. The Morgan fingerprint density at radius 1 is 0.929 bits per heavy atom. The third-order valence-electron chi connectivity index (χ3n) is 4.45. The Morgan fingerprint density at radius 2 is 1.82 bits per heavy atom. The molecule has 2 aromatic carbocycles. The second-order valence-electron chi connectivity index (χ2n) is 6.40. The molecule has 0 saturated heterocycles. The first-order valence-corrected chi connectivity index (χ1v) is 9.55. The number of rotatable bonds is 5. The highest BCUT2D eigenvalue weighted by Crippen LogP contribution is 2.28. The Labute approximate surface area is 172 Å². The molecule has 1 N–H and O–H groups in total. The van der Waals surface area contributed by atoms with E-state index in [1.165, 1.54) is 6.07 Å². The molecule has 0 saturated carbocycles. The van der Waals surface area contributed by atoms with Crippen molar-refractivity contribution in [1.29, 1.82) is 0 Å². The highest BCUT2D eigenvalue weighted by atomic mass is 35.5. The summed E-state index contributed by atoms with van der Waals surface area (Å²) in [6.45, 7) is 0. The molecule has 0 aliphatic rings. The first-order valence-electron chi connectivity index (χ1n) is 8.80. The first-order chi connectivity index (χ1) is 13.6.